The van der Waals surface area contributed by atoms with Crippen LogP contribution in [0.1, 0.15) is 45.7 Å². The van der Waals surface area contributed by atoms with E-state index in [0.717, 1.165) is 17.7 Å². The SMILES string of the molecule is COC(C)(C)CC(N)c1ccc(OC(C)C)cc1. The number of nitrogens with two attached hydrogens (primary N) is 1. The lowest BCUT2D eigenvalue weighted by Crippen LogP contribution is -2.28. The first-order valence-electron chi connectivity index (χ1n) is 6.41. The second-order valence-electron chi connectivity index (χ2n) is 5.51. The standard InChI is InChI=1S/C15H25NO2/c1-11(2)18-13-8-6-12(7-9-13)14(16)10-15(3,4)17-5/h6-9,11,14H,10,16H2,1-5H3. The molecule has 0 heterocycles. The molecule has 0 aliphatic heterocycles. The Bertz CT molecular complexity index is 357. The first-order valence-corrected chi connectivity index (χ1v) is 6.41. The third-order valence-corrected chi connectivity index (χ3v) is 2.94. The van der Waals surface area contributed by atoms with Crippen molar-refractivity contribution >= 4 is 0 Å². The molecule has 0 amide bonds. The third-order valence-electron chi connectivity index (χ3n) is 2.94. The maximum Gasteiger partial charge on any atom is 0.119 e. The zero-order chi connectivity index (χ0) is 13.8. The van der Waals surface area contributed by atoms with E-state index >= 15 is 0 Å². The van der Waals surface area contributed by atoms with Crippen molar-refractivity contribution in [3.05, 3.63) is 29.8 Å². The highest BCUT2D eigenvalue weighted by atomic mass is 16.5. The third kappa shape index (κ3) is 4.67. The van der Waals surface area contributed by atoms with E-state index in [9.17, 15) is 0 Å². The minimum atomic E-state index is -0.202. The number of hydrogen-bond acceptors (Lipinski definition) is 3. The summed E-state index contributed by atoms with van der Waals surface area (Å²) in [6.07, 6.45) is 0.977. The van der Waals surface area contributed by atoms with Gasteiger partial charge in [0, 0.05) is 13.2 Å². The van der Waals surface area contributed by atoms with Gasteiger partial charge in [-0.3, -0.25) is 0 Å². The van der Waals surface area contributed by atoms with Gasteiger partial charge in [0.2, 0.25) is 0 Å². The van der Waals surface area contributed by atoms with E-state index in [1.54, 1.807) is 7.11 Å². The van der Waals surface area contributed by atoms with Gasteiger partial charge >= 0.3 is 0 Å². The molecule has 0 aromatic heterocycles. The quantitative estimate of drug-likeness (QED) is 0.843. The van der Waals surface area contributed by atoms with Gasteiger partial charge in [0.05, 0.1) is 11.7 Å². The van der Waals surface area contributed by atoms with E-state index in [1.165, 1.54) is 0 Å². The largest absolute Gasteiger partial charge is 0.491 e. The van der Waals surface area contributed by atoms with Gasteiger partial charge in [-0.05, 0) is 51.8 Å². The fourth-order valence-electron chi connectivity index (χ4n) is 1.80. The Kier molecular flexibility index (Phi) is 5.17. The molecule has 1 unspecified atom stereocenters. The lowest BCUT2D eigenvalue weighted by atomic mass is 9.94. The normalized spacial score (nSPS) is 13.7. The maximum atomic E-state index is 6.19. The summed E-state index contributed by atoms with van der Waals surface area (Å²) in [5, 5.41) is 0. The van der Waals surface area contributed by atoms with Crippen LogP contribution in [0.25, 0.3) is 0 Å². The molecule has 0 bridgehead atoms. The molecule has 0 aliphatic rings. The summed E-state index contributed by atoms with van der Waals surface area (Å²) in [7, 11) is 1.71. The van der Waals surface area contributed by atoms with Crippen molar-refractivity contribution in [3.63, 3.8) is 0 Å². The van der Waals surface area contributed by atoms with Crippen molar-refractivity contribution in [2.75, 3.05) is 7.11 Å². The summed E-state index contributed by atoms with van der Waals surface area (Å²) in [6.45, 7) is 8.12. The van der Waals surface area contributed by atoms with Gasteiger partial charge in [0.25, 0.3) is 0 Å². The Morgan fingerprint density at radius 3 is 2.17 bits per heavy atom. The van der Waals surface area contributed by atoms with E-state index in [1.807, 2.05) is 52.0 Å². The van der Waals surface area contributed by atoms with E-state index < -0.39 is 0 Å². The number of hydrogen-bond donors (Lipinski definition) is 1. The zero-order valence-corrected chi connectivity index (χ0v) is 12.1. The van der Waals surface area contributed by atoms with Gasteiger partial charge < -0.3 is 15.2 Å². The molecular formula is C15H25NO2. The molecule has 1 aromatic carbocycles. The van der Waals surface area contributed by atoms with Crippen LogP contribution in [0.5, 0.6) is 5.75 Å². The van der Waals surface area contributed by atoms with Crippen molar-refractivity contribution < 1.29 is 9.47 Å². The van der Waals surface area contributed by atoms with Gasteiger partial charge in [-0.2, -0.15) is 0 Å². The Labute approximate surface area is 110 Å². The highest BCUT2D eigenvalue weighted by molar-refractivity contribution is 5.29. The molecule has 0 saturated heterocycles. The van der Waals surface area contributed by atoms with Crippen molar-refractivity contribution in [2.24, 2.45) is 5.73 Å². The highest BCUT2D eigenvalue weighted by Crippen LogP contribution is 2.25. The molecule has 3 nitrogen and oxygen atoms in total. The van der Waals surface area contributed by atoms with Crippen LogP contribution < -0.4 is 10.5 Å². The average molecular weight is 251 g/mol. The predicted molar refractivity (Wildman–Crippen MR) is 74.8 cm³/mol. The van der Waals surface area contributed by atoms with Crippen LogP contribution in [0.4, 0.5) is 0 Å². The van der Waals surface area contributed by atoms with Crippen LogP contribution in [-0.4, -0.2) is 18.8 Å². The minimum absolute atomic E-state index is 0.0203. The number of methoxy groups -OCH3 is 1. The highest BCUT2D eigenvalue weighted by Gasteiger charge is 2.21. The molecule has 1 rings (SSSR count). The molecule has 0 spiro atoms. The number of benzene rings is 1. The maximum absolute atomic E-state index is 6.19. The zero-order valence-electron chi connectivity index (χ0n) is 12.1. The second kappa shape index (κ2) is 6.21. The van der Waals surface area contributed by atoms with Gasteiger partial charge in [0.1, 0.15) is 5.75 Å². The van der Waals surface area contributed by atoms with E-state index in [0.29, 0.717) is 0 Å². The molecule has 18 heavy (non-hydrogen) atoms. The van der Waals surface area contributed by atoms with Crippen LogP contribution >= 0.6 is 0 Å². The molecular weight excluding hydrogens is 226 g/mol. The molecule has 0 aliphatic carbocycles. The summed E-state index contributed by atoms with van der Waals surface area (Å²) in [5.74, 6) is 0.881. The average Bonchev–Trinajstić information content (AvgIpc) is 2.28. The Hall–Kier alpha value is -1.06. The monoisotopic (exact) mass is 251 g/mol. The van der Waals surface area contributed by atoms with Gasteiger partial charge in [-0.15, -0.1) is 0 Å². The Morgan fingerprint density at radius 1 is 1.17 bits per heavy atom. The Morgan fingerprint density at radius 2 is 1.72 bits per heavy atom. The molecule has 1 atom stereocenters. The fraction of sp³-hybridized carbons (Fsp3) is 0.600. The van der Waals surface area contributed by atoms with Crippen LogP contribution in [-0.2, 0) is 4.74 Å². The predicted octanol–water partition coefficient (Wildman–Crippen LogP) is 3.29. The number of ether oxygens (including phenoxy) is 2. The second-order valence-corrected chi connectivity index (χ2v) is 5.51. The molecule has 3 heteroatoms. The molecule has 2 N–H and O–H groups in total. The summed E-state index contributed by atoms with van der Waals surface area (Å²) in [5.41, 5.74) is 7.09. The smallest absolute Gasteiger partial charge is 0.119 e. The van der Waals surface area contributed by atoms with Gasteiger partial charge in [-0.1, -0.05) is 12.1 Å². The fourth-order valence-corrected chi connectivity index (χ4v) is 1.80. The first kappa shape index (κ1) is 15.0. The molecule has 0 radical (unpaired) electrons. The van der Waals surface area contributed by atoms with Crippen LogP contribution in [0.3, 0.4) is 0 Å². The minimum Gasteiger partial charge on any atom is -0.491 e. The molecule has 0 fully saturated rings. The van der Waals surface area contributed by atoms with Gasteiger partial charge in [0.15, 0.2) is 0 Å². The number of rotatable bonds is 6. The van der Waals surface area contributed by atoms with Crippen molar-refractivity contribution in [2.45, 2.75) is 51.9 Å². The summed E-state index contributed by atoms with van der Waals surface area (Å²) in [4.78, 5) is 0. The van der Waals surface area contributed by atoms with E-state index in [4.69, 9.17) is 15.2 Å². The first-order chi connectivity index (χ1) is 8.34. The van der Waals surface area contributed by atoms with Crippen molar-refractivity contribution in [1.82, 2.24) is 0 Å². The lowest BCUT2D eigenvalue weighted by molar-refractivity contribution is 0.00995. The summed E-state index contributed by atoms with van der Waals surface area (Å²) in [6, 6.07) is 7.96. The summed E-state index contributed by atoms with van der Waals surface area (Å²) < 4.78 is 11.0. The van der Waals surface area contributed by atoms with E-state index in [2.05, 4.69) is 0 Å². The van der Waals surface area contributed by atoms with Crippen LogP contribution in [0, 0.1) is 0 Å². The van der Waals surface area contributed by atoms with Gasteiger partial charge in [-0.25, -0.2) is 0 Å². The Balaban J connectivity index is 2.67. The van der Waals surface area contributed by atoms with Crippen molar-refractivity contribution in [1.29, 1.82) is 0 Å². The molecule has 0 saturated carbocycles. The van der Waals surface area contributed by atoms with Crippen LogP contribution in [0.2, 0.25) is 0 Å². The molecule has 102 valence electrons. The summed E-state index contributed by atoms with van der Waals surface area (Å²) >= 11 is 0. The van der Waals surface area contributed by atoms with Crippen molar-refractivity contribution in [3.8, 4) is 5.75 Å². The van der Waals surface area contributed by atoms with E-state index in [-0.39, 0.29) is 17.7 Å². The topological polar surface area (TPSA) is 44.5 Å². The molecule has 1 aromatic rings. The lowest BCUT2D eigenvalue weighted by Gasteiger charge is -2.26. The van der Waals surface area contributed by atoms with Crippen LogP contribution in [0.15, 0.2) is 24.3 Å².